The van der Waals surface area contributed by atoms with E-state index in [0.29, 0.717) is 28.9 Å². The number of aryl methyl sites for hydroxylation is 1. The van der Waals surface area contributed by atoms with Crippen molar-refractivity contribution < 1.29 is 9.13 Å². The zero-order chi connectivity index (χ0) is 17.7. The Morgan fingerprint density at radius 1 is 1.17 bits per heavy atom. The molecule has 0 saturated carbocycles. The molecular weight excluding hydrogens is 391 g/mol. The van der Waals surface area contributed by atoms with E-state index in [1.54, 1.807) is 0 Å². The van der Waals surface area contributed by atoms with Crippen molar-refractivity contribution in [3.8, 4) is 11.1 Å². The summed E-state index contributed by atoms with van der Waals surface area (Å²) in [5, 5.41) is 1.11. The molecule has 2 aromatic carbocycles. The van der Waals surface area contributed by atoms with Crippen LogP contribution in [-0.2, 0) is 16.5 Å². The monoisotopic (exact) mass is 412 g/mol. The van der Waals surface area contributed by atoms with Crippen molar-refractivity contribution in [1.29, 1.82) is 0 Å². The Bertz CT molecular complexity index is 673. The van der Waals surface area contributed by atoms with Crippen LogP contribution >= 0.6 is 27.5 Å². The van der Waals surface area contributed by atoms with Crippen LogP contribution in [0.15, 0.2) is 36.4 Å². The summed E-state index contributed by atoms with van der Waals surface area (Å²) in [5.74, 6) is 0.266. The van der Waals surface area contributed by atoms with Gasteiger partial charge in [0.25, 0.3) is 0 Å². The molecule has 0 radical (unpaired) electrons. The molecule has 0 fully saturated rings. The lowest BCUT2D eigenvalue weighted by atomic mass is 9.93. The van der Waals surface area contributed by atoms with Crippen LogP contribution in [0.3, 0.4) is 0 Å². The fourth-order valence-electron chi connectivity index (χ4n) is 2.70. The smallest absolute Gasteiger partial charge is 0.226 e. The molecular formula is C20H23BrClFO. The van der Waals surface area contributed by atoms with Crippen LogP contribution in [0.5, 0.6) is 0 Å². The molecule has 1 unspecified atom stereocenters. The lowest BCUT2D eigenvalue weighted by Gasteiger charge is -2.21. The van der Waals surface area contributed by atoms with Gasteiger partial charge in [0.2, 0.25) is 6.36 Å². The molecule has 0 aromatic heterocycles. The van der Waals surface area contributed by atoms with E-state index in [9.17, 15) is 4.39 Å². The van der Waals surface area contributed by atoms with Crippen LogP contribution in [-0.4, -0.2) is 6.61 Å². The van der Waals surface area contributed by atoms with Gasteiger partial charge in [0.15, 0.2) is 0 Å². The van der Waals surface area contributed by atoms with E-state index in [0.717, 1.165) is 22.3 Å². The number of ether oxygens (including phenoxy) is 1. The van der Waals surface area contributed by atoms with Crippen molar-refractivity contribution in [1.82, 2.24) is 0 Å². The molecule has 0 bridgehead atoms. The fourth-order valence-corrected chi connectivity index (χ4v) is 3.58. The summed E-state index contributed by atoms with van der Waals surface area (Å²) < 4.78 is 20.2. The third kappa shape index (κ3) is 4.38. The van der Waals surface area contributed by atoms with Gasteiger partial charge in [-0.2, -0.15) is 0 Å². The van der Waals surface area contributed by atoms with E-state index < -0.39 is 6.36 Å². The predicted molar refractivity (Wildman–Crippen MR) is 104 cm³/mol. The van der Waals surface area contributed by atoms with Crippen LogP contribution in [0, 0.1) is 5.92 Å². The molecule has 0 N–H and O–H groups in total. The average Bonchev–Trinajstić information content (AvgIpc) is 2.59. The topological polar surface area (TPSA) is 9.23 Å². The van der Waals surface area contributed by atoms with Gasteiger partial charge in [0.1, 0.15) is 0 Å². The Hall–Kier alpha value is -0.900. The largest absolute Gasteiger partial charge is 0.344 e. The summed E-state index contributed by atoms with van der Waals surface area (Å²) in [6, 6.07) is 11.9. The van der Waals surface area contributed by atoms with Crippen molar-refractivity contribution in [2.24, 2.45) is 5.92 Å². The molecule has 1 nitrogen and oxygen atoms in total. The van der Waals surface area contributed by atoms with Gasteiger partial charge in [-0.1, -0.05) is 84.7 Å². The van der Waals surface area contributed by atoms with Crippen LogP contribution in [0.2, 0.25) is 5.02 Å². The van der Waals surface area contributed by atoms with Crippen LogP contribution < -0.4 is 0 Å². The number of halogens is 3. The molecule has 4 heteroatoms. The number of alkyl halides is 2. The number of hydrogen-bond donors (Lipinski definition) is 0. The minimum absolute atomic E-state index is 0.266. The van der Waals surface area contributed by atoms with Crippen LogP contribution in [0.4, 0.5) is 4.39 Å². The van der Waals surface area contributed by atoms with Gasteiger partial charge in [-0.3, -0.25) is 0 Å². The highest BCUT2D eigenvalue weighted by Crippen LogP contribution is 2.41. The molecule has 130 valence electrons. The van der Waals surface area contributed by atoms with E-state index in [4.69, 9.17) is 16.3 Å². The molecule has 0 spiro atoms. The quantitative estimate of drug-likeness (QED) is 0.440. The standard InChI is InChI=1S/C20H23BrClFO/c1-4-14-10-16(11-21)17(15-8-6-5-7-9-15)19(22)18(14)20(23)24-12-13(2)3/h5-10,13,20H,4,11-12H2,1-3H3. The molecule has 1 atom stereocenters. The minimum atomic E-state index is -1.51. The van der Waals surface area contributed by atoms with Crippen LogP contribution in [0.1, 0.15) is 43.8 Å². The molecule has 0 aliphatic heterocycles. The molecule has 0 amide bonds. The fraction of sp³-hybridized carbons (Fsp3) is 0.400. The molecule has 0 heterocycles. The van der Waals surface area contributed by atoms with Gasteiger partial charge in [-0.15, -0.1) is 0 Å². The van der Waals surface area contributed by atoms with Gasteiger partial charge in [0, 0.05) is 16.5 Å². The highest BCUT2D eigenvalue weighted by Gasteiger charge is 2.23. The van der Waals surface area contributed by atoms with Gasteiger partial charge in [0.05, 0.1) is 11.6 Å². The number of rotatable bonds is 7. The SMILES string of the molecule is CCc1cc(CBr)c(-c2ccccc2)c(Cl)c1C(F)OCC(C)C. The zero-order valence-corrected chi connectivity index (χ0v) is 16.6. The second kappa shape index (κ2) is 8.98. The molecule has 0 saturated heterocycles. The van der Waals surface area contributed by atoms with E-state index in [1.807, 2.05) is 57.2 Å². The summed E-state index contributed by atoms with van der Waals surface area (Å²) >= 11 is 10.2. The van der Waals surface area contributed by atoms with Crippen molar-refractivity contribution in [2.45, 2.75) is 38.9 Å². The Labute approximate surface area is 157 Å². The third-order valence-electron chi connectivity index (χ3n) is 3.86. The van der Waals surface area contributed by atoms with Gasteiger partial charge in [-0.25, -0.2) is 4.39 Å². The maximum Gasteiger partial charge on any atom is 0.226 e. The van der Waals surface area contributed by atoms with Crippen molar-refractivity contribution >= 4 is 27.5 Å². The highest BCUT2D eigenvalue weighted by atomic mass is 79.9. The van der Waals surface area contributed by atoms with E-state index in [1.165, 1.54) is 0 Å². The van der Waals surface area contributed by atoms with Gasteiger partial charge >= 0.3 is 0 Å². The molecule has 0 aliphatic carbocycles. The molecule has 2 rings (SSSR count). The zero-order valence-electron chi connectivity index (χ0n) is 14.3. The summed E-state index contributed by atoms with van der Waals surface area (Å²) in [6.45, 7) is 6.36. The Kier molecular flexibility index (Phi) is 7.27. The summed E-state index contributed by atoms with van der Waals surface area (Å²) in [7, 11) is 0. The summed E-state index contributed by atoms with van der Waals surface area (Å²) in [5.41, 5.74) is 4.27. The first-order valence-corrected chi connectivity index (χ1v) is 9.70. The minimum Gasteiger partial charge on any atom is -0.344 e. The normalized spacial score (nSPS) is 12.6. The molecule has 24 heavy (non-hydrogen) atoms. The lowest BCUT2D eigenvalue weighted by Crippen LogP contribution is -2.09. The summed E-state index contributed by atoms with van der Waals surface area (Å²) in [6.07, 6.45) is -0.808. The van der Waals surface area contributed by atoms with Gasteiger partial charge in [-0.05, 0) is 29.0 Å². The number of hydrogen-bond acceptors (Lipinski definition) is 1. The average molecular weight is 414 g/mol. The van der Waals surface area contributed by atoms with Crippen molar-refractivity contribution in [3.05, 3.63) is 58.1 Å². The maximum absolute atomic E-state index is 14.8. The lowest BCUT2D eigenvalue weighted by molar-refractivity contribution is -0.0523. The first kappa shape index (κ1) is 19.4. The number of benzene rings is 2. The Morgan fingerprint density at radius 3 is 2.38 bits per heavy atom. The van der Waals surface area contributed by atoms with E-state index >= 15 is 0 Å². The Balaban J connectivity index is 2.57. The maximum atomic E-state index is 14.8. The molecule has 0 aliphatic rings. The predicted octanol–water partition coefficient (Wildman–Crippen LogP) is 7.11. The second-order valence-corrected chi connectivity index (χ2v) is 7.13. The van der Waals surface area contributed by atoms with Crippen molar-refractivity contribution in [2.75, 3.05) is 6.61 Å². The first-order valence-electron chi connectivity index (χ1n) is 8.20. The first-order chi connectivity index (χ1) is 11.5. The third-order valence-corrected chi connectivity index (χ3v) is 4.86. The van der Waals surface area contributed by atoms with E-state index in [2.05, 4.69) is 15.9 Å². The highest BCUT2D eigenvalue weighted by molar-refractivity contribution is 9.08. The van der Waals surface area contributed by atoms with Gasteiger partial charge < -0.3 is 4.74 Å². The van der Waals surface area contributed by atoms with Crippen LogP contribution in [0.25, 0.3) is 11.1 Å². The Morgan fingerprint density at radius 2 is 1.83 bits per heavy atom. The van der Waals surface area contributed by atoms with E-state index in [-0.39, 0.29) is 5.92 Å². The summed E-state index contributed by atoms with van der Waals surface area (Å²) in [4.78, 5) is 0. The molecule has 2 aromatic rings. The second-order valence-electron chi connectivity index (χ2n) is 6.19. The van der Waals surface area contributed by atoms with Crippen molar-refractivity contribution in [3.63, 3.8) is 0 Å².